The molecule has 0 atom stereocenters. The Hall–Kier alpha value is -3.70. The van der Waals surface area contributed by atoms with Crippen LogP contribution < -0.4 is 16.0 Å². The molecule has 4 rings (SSSR count). The van der Waals surface area contributed by atoms with Crippen molar-refractivity contribution in [1.82, 2.24) is 9.97 Å². The fourth-order valence-corrected chi connectivity index (χ4v) is 3.39. The van der Waals surface area contributed by atoms with Crippen LogP contribution in [0, 0.1) is 0 Å². The van der Waals surface area contributed by atoms with Gasteiger partial charge in [-0.15, -0.1) is 0 Å². The van der Waals surface area contributed by atoms with Crippen molar-refractivity contribution in [3.05, 3.63) is 91.3 Å². The second kappa shape index (κ2) is 9.20. The first-order valence-electron chi connectivity index (χ1n) is 10.1. The molecule has 3 N–H and O–H groups in total. The molecule has 1 aromatic heterocycles. The maximum atomic E-state index is 5.79. The number of hydrogen-bond donors (Lipinski definition) is 2. The van der Waals surface area contributed by atoms with E-state index in [4.69, 9.17) is 5.73 Å². The molecule has 0 saturated carbocycles. The van der Waals surface area contributed by atoms with Crippen molar-refractivity contribution in [2.75, 3.05) is 23.4 Å². The zero-order valence-corrected chi connectivity index (χ0v) is 17.0. The Morgan fingerprint density at radius 3 is 2.27 bits per heavy atom. The van der Waals surface area contributed by atoms with Gasteiger partial charge in [-0.05, 0) is 48.4 Å². The van der Waals surface area contributed by atoms with Gasteiger partial charge in [-0.25, -0.2) is 9.97 Å². The minimum atomic E-state index is 0.501. The predicted molar refractivity (Wildman–Crippen MR) is 125 cm³/mol. The molecule has 0 aliphatic rings. The monoisotopic (exact) mass is 395 g/mol. The van der Waals surface area contributed by atoms with E-state index in [2.05, 4.69) is 75.6 Å². The zero-order valence-electron chi connectivity index (χ0n) is 17.0. The van der Waals surface area contributed by atoms with Crippen LogP contribution in [0.4, 0.5) is 17.2 Å². The fourth-order valence-electron chi connectivity index (χ4n) is 3.39. The van der Waals surface area contributed by atoms with Crippen LogP contribution in [0.1, 0.15) is 6.92 Å². The van der Waals surface area contributed by atoms with Gasteiger partial charge in [-0.3, -0.25) is 0 Å². The van der Waals surface area contributed by atoms with E-state index in [0.717, 1.165) is 40.6 Å². The zero-order chi connectivity index (χ0) is 20.8. The number of aromatic nitrogens is 2. The maximum Gasteiger partial charge on any atom is 0.134 e. The number of hydrogen-bond acceptors (Lipinski definition) is 5. The summed E-state index contributed by atoms with van der Waals surface area (Å²) in [5.41, 5.74) is 12.1. The lowest BCUT2D eigenvalue weighted by Crippen LogP contribution is -2.29. The number of nitrogens with two attached hydrogens (primary N) is 1. The highest BCUT2D eigenvalue weighted by atomic mass is 15.2. The molecule has 0 bridgehead atoms. The Kier molecular flexibility index (Phi) is 6.01. The summed E-state index contributed by atoms with van der Waals surface area (Å²) < 4.78 is 0. The molecular weight excluding hydrogens is 370 g/mol. The summed E-state index contributed by atoms with van der Waals surface area (Å²) in [6, 6.07) is 28.9. The average molecular weight is 396 g/mol. The summed E-state index contributed by atoms with van der Waals surface area (Å²) in [5.74, 6) is 0.754. The topological polar surface area (TPSA) is 67.1 Å². The van der Waals surface area contributed by atoms with Crippen LogP contribution in [0.5, 0.6) is 0 Å². The second-order valence-electron chi connectivity index (χ2n) is 6.95. The van der Waals surface area contributed by atoms with Gasteiger partial charge in [0.1, 0.15) is 12.1 Å². The van der Waals surface area contributed by atoms with Crippen LogP contribution >= 0.6 is 0 Å². The standard InChI is InChI=1S/C25H25N5/c1-2-30(17-26)23-13-11-22(12-14-23)29-25-16-24(27-18-28-25)21-10-6-9-20(15-21)19-7-4-3-5-8-19/h3-16,18H,2,17,26H2,1H3,(H,27,28,29). The third kappa shape index (κ3) is 4.47. The van der Waals surface area contributed by atoms with Gasteiger partial charge in [0, 0.05) is 29.5 Å². The van der Waals surface area contributed by atoms with Crippen molar-refractivity contribution in [3.8, 4) is 22.4 Å². The summed E-state index contributed by atoms with van der Waals surface area (Å²) in [5, 5.41) is 3.36. The summed E-state index contributed by atoms with van der Waals surface area (Å²) in [6.45, 7) is 3.47. The van der Waals surface area contributed by atoms with Gasteiger partial charge in [0.15, 0.2) is 0 Å². The molecule has 0 amide bonds. The van der Waals surface area contributed by atoms with Crippen LogP contribution in [0.2, 0.25) is 0 Å². The lowest BCUT2D eigenvalue weighted by Gasteiger charge is -2.20. The third-order valence-electron chi connectivity index (χ3n) is 5.04. The molecule has 0 saturated heterocycles. The van der Waals surface area contributed by atoms with Crippen LogP contribution in [0.25, 0.3) is 22.4 Å². The molecule has 0 unspecified atom stereocenters. The minimum absolute atomic E-state index is 0.501. The molecule has 30 heavy (non-hydrogen) atoms. The van der Waals surface area contributed by atoms with E-state index in [0.29, 0.717) is 6.67 Å². The van der Waals surface area contributed by atoms with Crippen molar-refractivity contribution in [2.45, 2.75) is 6.92 Å². The van der Waals surface area contributed by atoms with Gasteiger partial charge in [0.05, 0.1) is 12.4 Å². The van der Waals surface area contributed by atoms with Gasteiger partial charge >= 0.3 is 0 Å². The first-order valence-corrected chi connectivity index (χ1v) is 10.1. The lowest BCUT2D eigenvalue weighted by molar-refractivity contribution is 0.843. The normalized spacial score (nSPS) is 10.6. The molecule has 5 nitrogen and oxygen atoms in total. The molecule has 0 radical (unpaired) electrons. The highest BCUT2D eigenvalue weighted by Crippen LogP contribution is 2.27. The van der Waals surface area contributed by atoms with E-state index in [1.54, 1.807) is 6.33 Å². The summed E-state index contributed by atoms with van der Waals surface area (Å²) in [7, 11) is 0. The third-order valence-corrected chi connectivity index (χ3v) is 5.04. The molecule has 1 heterocycles. The Balaban J connectivity index is 1.55. The van der Waals surface area contributed by atoms with Crippen LogP contribution in [0.3, 0.4) is 0 Å². The molecule has 4 aromatic rings. The van der Waals surface area contributed by atoms with Crippen molar-refractivity contribution in [1.29, 1.82) is 0 Å². The van der Waals surface area contributed by atoms with Crippen molar-refractivity contribution in [3.63, 3.8) is 0 Å². The number of anilines is 3. The van der Waals surface area contributed by atoms with E-state index in [-0.39, 0.29) is 0 Å². The molecule has 0 fully saturated rings. The van der Waals surface area contributed by atoms with E-state index in [1.165, 1.54) is 5.56 Å². The molecule has 5 heteroatoms. The second-order valence-corrected chi connectivity index (χ2v) is 6.95. The predicted octanol–water partition coefficient (Wildman–Crippen LogP) is 5.30. The minimum Gasteiger partial charge on any atom is -0.359 e. The van der Waals surface area contributed by atoms with Crippen molar-refractivity contribution < 1.29 is 0 Å². The average Bonchev–Trinajstić information content (AvgIpc) is 2.82. The summed E-state index contributed by atoms with van der Waals surface area (Å²) in [4.78, 5) is 11.0. The highest BCUT2D eigenvalue weighted by Gasteiger charge is 2.06. The van der Waals surface area contributed by atoms with Gasteiger partial charge in [0.2, 0.25) is 0 Å². The van der Waals surface area contributed by atoms with E-state index >= 15 is 0 Å². The molecule has 0 aliphatic carbocycles. The SMILES string of the molecule is CCN(CN)c1ccc(Nc2cc(-c3cccc(-c4ccccc4)c3)ncn2)cc1. The molecule has 150 valence electrons. The highest BCUT2D eigenvalue weighted by molar-refractivity contribution is 5.73. The molecule has 3 aromatic carbocycles. The first-order chi connectivity index (χ1) is 14.8. The van der Waals surface area contributed by atoms with Crippen LogP contribution in [-0.2, 0) is 0 Å². The molecular formula is C25H25N5. The number of nitrogens with one attached hydrogen (secondary N) is 1. The Bertz CT molecular complexity index is 1090. The quantitative estimate of drug-likeness (QED) is 0.416. The van der Waals surface area contributed by atoms with Gasteiger partial charge in [-0.2, -0.15) is 0 Å². The van der Waals surface area contributed by atoms with Gasteiger partial charge < -0.3 is 16.0 Å². The summed E-state index contributed by atoms with van der Waals surface area (Å²) in [6.07, 6.45) is 1.59. The van der Waals surface area contributed by atoms with E-state index in [9.17, 15) is 0 Å². The number of benzene rings is 3. The van der Waals surface area contributed by atoms with Gasteiger partial charge in [0.25, 0.3) is 0 Å². The van der Waals surface area contributed by atoms with E-state index in [1.807, 2.05) is 36.4 Å². The maximum absolute atomic E-state index is 5.79. The number of rotatable bonds is 7. The molecule has 0 spiro atoms. The van der Waals surface area contributed by atoms with Crippen molar-refractivity contribution in [2.24, 2.45) is 5.73 Å². The van der Waals surface area contributed by atoms with E-state index < -0.39 is 0 Å². The Labute approximate surface area is 177 Å². The number of nitrogens with zero attached hydrogens (tertiary/aromatic N) is 3. The summed E-state index contributed by atoms with van der Waals surface area (Å²) >= 11 is 0. The fraction of sp³-hybridized carbons (Fsp3) is 0.120. The first kappa shape index (κ1) is 19.6. The largest absolute Gasteiger partial charge is 0.359 e. The smallest absolute Gasteiger partial charge is 0.134 e. The Morgan fingerprint density at radius 1 is 0.800 bits per heavy atom. The van der Waals surface area contributed by atoms with Crippen LogP contribution in [0.15, 0.2) is 91.3 Å². The van der Waals surface area contributed by atoms with Crippen LogP contribution in [-0.4, -0.2) is 23.2 Å². The molecule has 0 aliphatic heterocycles. The Morgan fingerprint density at radius 2 is 1.53 bits per heavy atom. The van der Waals surface area contributed by atoms with Crippen molar-refractivity contribution >= 4 is 17.2 Å². The lowest BCUT2D eigenvalue weighted by atomic mass is 10.0. The van der Waals surface area contributed by atoms with Gasteiger partial charge in [-0.1, -0.05) is 48.5 Å².